The third-order valence-electron chi connectivity index (χ3n) is 11.2. The van der Waals surface area contributed by atoms with Crippen LogP contribution in [0.4, 0.5) is 0 Å². The average molecular weight is 1360 g/mol. The Hall–Kier alpha value is 2.36. The molecular formula is C51H92BBr3CeCl3MgN2NaO5. The standard InChI is InChI=1S/C12H18N2O.C10H16O.C8H14O.C6H9BrO.C6H7BrO.C4H10.C2H5.3CH4.B.BrH.Ce.3ClH.Mg.Na.H/c1-3-11-8(2)4-5-9(11)6-10-7-13-12(15)14-10;1-4-9-8(3)6-7-10(9)11-5-2;1-3-7-6(2)4-5-8(7)9;2*1-4-2-3-5(8)6(4)7;1-3-4-2;1-2;;;;;;;;;;;;/h7,9H,3-6H2,1-2H3,(H2,13,14,15);5,10H,2,4,6-7H2,1,3H3;8-9H,3-5H2,1-2H3;5,8H,2-3H2,1H3;2-3H2,1H3;3-4H2,1-2H3;1H2,2H3;3*1H4;;1H;;3*1H;;;/q;;;;;;-1;;;;;;+3;;;;+2;+1;-1/p-4. The Morgan fingerprint density at radius 3 is 1.46 bits per heavy atom. The van der Waals surface area contributed by atoms with Crippen LogP contribution < -0.4 is 52.2 Å². The van der Waals surface area contributed by atoms with E-state index in [1.54, 1.807) is 30.5 Å². The maximum absolute atomic E-state index is 11.0. The van der Waals surface area contributed by atoms with Crippen molar-refractivity contribution < 1.29 is 98.4 Å². The SMILES string of the molecule is C.C.C.C=COC1CCC(C)=C1CC.CC1=C(Br)C(=O)CC1.CC1=C(Br)C(O)CC1.CCC1=C(C)CCC1Cc1c[nH]c(=O)[nH]1.CCC1=C(C)CCC1O.CCCC.[B].[Br-].[CH2-]C.[Cl][Ce]([Cl])[Cl].[H-].[Mg+2].[Na+]. The molecule has 3 radical (unpaired) electrons. The van der Waals surface area contributed by atoms with Gasteiger partial charge in [-0.25, -0.2) is 4.79 Å². The van der Waals surface area contributed by atoms with Crippen LogP contribution in [0.15, 0.2) is 77.4 Å². The van der Waals surface area contributed by atoms with E-state index in [0.717, 1.165) is 78.9 Å². The summed E-state index contributed by atoms with van der Waals surface area (Å²) in [6, 6.07) is 0. The van der Waals surface area contributed by atoms with Crippen molar-refractivity contribution in [2.75, 3.05) is 0 Å². The maximum atomic E-state index is 11.0. The number of ether oxygens (including phenoxy) is 1. The van der Waals surface area contributed by atoms with Gasteiger partial charge in [0, 0.05) is 31.2 Å². The minimum atomic E-state index is -2.24. The number of Topliss-reactive ketones (excluding diaryl/α,β-unsaturated/α-hetero) is 1. The Morgan fingerprint density at radius 1 is 0.750 bits per heavy atom. The largest absolute Gasteiger partial charge is 2.00 e. The number of unbranched alkanes of at least 4 members (excludes halogenated alkanes) is 1. The molecule has 388 valence electrons. The molecule has 5 aliphatic carbocycles. The van der Waals surface area contributed by atoms with E-state index < -0.39 is 30.7 Å². The fraction of sp³-hybridized carbons (Fsp3) is 0.667. The van der Waals surface area contributed by atoms with Gasteiger partial charge in [-0.05, 0) is 151 Å². The summed E-state index contributed by atoms with van der Waals surface area (Å²) < 4.78 is 7.18. The van der Waals surface area contributed by atoms with E-state index in [9.17, 15) is 14.7 Å². The minimum Gasteiger partial charge on any atom is -1.00 e. The number of hydrogen-bond donors (Lipinski definition) is 4. The first kappa shape index (κ1) is 89.9. The van der Waals surface area contributed by atoms with Crippen molar-refractivity contribution in [1.29, 1.82) is 0 Å². The summed E-state index contributed by atoms with van der Waals surface area (Å²) in [4.78, 5) is 27.1. The van der Waals surface area contributed by atoms with E-state index in [4.69, 9.17) is 26.7 Å². The fourth-order valence-electron chi connectivity index (χ4n) is 7.54. The number of carbonyl (C=O) groups excluding carboxylic acids is 1. The number of ketones is 1. The zero-order valence-corrected chi connectivity index (χ0v) is 55.4. The Balaban J connectivity index is -0.0000000742. The van der Waals surface area contributed by atoms with E-state index in [-0.39, 0.29) is 125 Å². The van der Waals surface area contributed by atoms with Crippen molar-refractivity contribution in [3.8, 4) is 0 Å². The van der Waals surface area contributed by atoms with Gasteiger partial charge in [-0.3, -0.25) is 4.79 Å². The second-order valence-electron chi connectivity index (χ2n) is 15.5. The normalized spacial score (nSPS) is 19.1. The molecule has 4 atom stereocenters. The van der Waals surface area contributed by atoms with Gasteiger partial charge in [0.15, 0.2) is 5.78 Å². The second-order valence-corrected chi connectivity index (χ2v) is 31.0. The summed E-state index contributed by atoms with van der Waals surface area (Å²) >= 11 is 4.26. The van der Waals surface area contributed by atoms with E-state index in [0.29, 0.717) is 18.4 Å². The molecule has 1 aromatic rings. The second kappa shape index (κ2) is 54.2. The number of imidazole rings is 1. The number of aliphatic hydroxyl groups excluding tert-OH is 2. The first-order valence-corrected chi connectivity index (χ1v) is 35.5. The molecule has 1 heterocycles. The molecule has 0 saturated carbocycles. The van der Waals surface area contributed by atoms with Crippen LogP contribution in [0.25, 0.3) is 0 Å². The molecule has 0 amide bonds. The van der Waals surface area contributed by atoms with Crippen LogP contribution >= 0.6 is 48.7 Å². The Kier molecular flexibility index (Phi) is 71.6. The van der Waals surface area contributed by atoms with Gasteiger partial charge in [0.05, 0.1) is 23.0 Å². The molecule has 4 unspecified atom stereocenters. The summed E-state index contributed by atoms with van der Waals surface area (Å²) in [6.45, 7) is 30.0. The molecule has 0 saturated heterocycles. The van der Waals surface area contributed by atoms with Crippen molar-refractivity contribution in [3.63, 3.8) is 0 Å². The van der Waals surface area contributed by atoms with Gasteiger partial charge in [0.25, 0.3) is 0 Å². The first-order chi connectivity index (χ1) is 28.8. The Morgan fingerprint density at radius 2 is 1.18 bits per heavy atom. The smallest absolute Gasteiger partial charge is 1.00 e. The van der Waals surface area contributed by atoms with Gasteiger partial charge >= 0.3 is 106 Å². The van der Waals surface area contributed by atoms with Crippen molar-refractivity contribution in [1.82, 2.24) is 9.97 Å². The molecule has 0 spiro atoms. The zero-order valence-electron chi connectivity index (χ0n) is 42.9. The molecule has 1 aromatic heterocycles. The third-order valence-corrected chi connectivity index (χ3v) is 13.6. The van der Waals surface area contributed by atoms with Crippen LogP contribution in [0.2, 0.25) is 0 Å². The Labute approximate surface area is 508 Å². The molecule has 7 nitrogen and oxygen atoms in total. The third kappa shape index (κ3) is 38.0. The van der Waals surface area contributed by atoms with E-state index in [1.165, 1.54) is 65.5 Å². The van der Waals surface area contributed by atoms with Gasteiger partial charge in [-0.1, -0.05) is 126 Å². The van der Waals surface area contributed by atoms with Crippen LogP contribution in [-0.4, -0.2) is 75.7 Å². The monoisotopic (exact) mass is 1350 g/mol. The average Bonchev–Trinajstić information content (AvgIpc) is 4.09. The number of aliphatic hydroxyl groups is 2. The molecule has 6 rings (SSSR count). The number of aromatic amines is 2. The number of H-pyrrole nitrogens is 2. The van der Waals surface area contributed by atoms with Crippen LogP contribution in [0.3, 0.4) is 0 Å². The quantitative estimate of drug-likeness (QED) is 0.0896. The van der Waals surface area contributed by atoms with Crippen molar-refractivity contribution in [3.05, 3.63) is 95.7 Å². The summed E-state index contributed by atoms with van der Waals surface area (Å²) in [5.74, 6) is 0.893. The van der Waals surface area contributed by atoms with Gasteiger partial charge in [-0.2, -0.15) is 6.92 Å². The van der Waals surface area contributed by atoms with E-state index in [2.05, 4.69) is 111 Å². The number of rotatable bonds is 8. The zero-order chi connectivity index (χ0) is 47.2. The number of aromatic nitrogens is 2. The molecular weight excluding hydrogens is 1260 g/mol. The maximum Gasteiger partial charge on any atom is 2.00 e. The van der Waals surface area contributed by atoms with Crippen molar-refractivity contribution >= 4 is 86.0 Å². The van der Waals surface area contributed by atoms with Crippen molar-refractivity contribution in [2.45, 2.75) is 219 Å². The van der Waals surface area contributed by atoms with Gasteiger partial charge in [-0.15, -0.1) is 0 Å². The Bertz CT molecular complexity index is 1680. The number of carbonyl (C=O) groups is 1. The summed E-state index contributed by atoms with van der Waals surface area (Å²) in [6.07, 6.45) is 20.7. The van der Waals surface area contributed by atoms with Crippen LogP contribution in [0.5, 0.6) is 0 Å². The van der Waals surface area contributed by atoms with Gasteiger partial charge in [0.2, 0.25) is 0 Å². The summed E-state index contributed by atoms with van der Waals surface area (Å²) in [5, 5.41) is 18.4. The van der Waals surface area contributed by atoms with Crippen molar-refractivity contribution in [2.24, 2.45) is 5.92 Å². The molecule has 0 bridgehead atoms. The van der Waals surface area contributed by atoms with Gasteiger partial charge < -0.3 is 50.2 Å². The topological polar surface area (TPSA) is 115 Å². The number of nitrogens with one attached hydrogen (secondary N) is 2. The van der Waals surface area contributed by atoms with Crippen LogP contribution in [-0.2, 0) is 16.0 Å². The first-order valence-electron chi connectivity index (χ1n) is 22.1. The molecule has 0 aromatic carbocycles. The summed E-state index contributed by atoms with van der Waals surface area (Å²) in [5.41, 5.74) is 27.3. The predicted octanol–water partition coefficient (Wildman–Crippen LogP) is 11.1. The molecule has 0 aliphatic heterocycles. The number of hydrogen-bond acceptors (Lipinski definition) is 5. The molecule has 68 heavy (non-hydrogen) atoms. The fourth-order valence-corrected chi connectivity index (χ4v) is 8.36. The molecule has 17 heteroatoms. The van der Waals surface area contributed by atoms with Crippen LogP contribution in [0.1, 0.15) is 202 Å². The predicted molar refractivity (Wildman–Crippen MR) is 301 cm³/mol. The van der Waals surface area contributed by atoms with Gasteiger partial charge in [0.1, 0.15) is 6.10 Å². The minimum absolute atomic E-state index is 0. The number of halogens is 6. The molecule has 0 fully saturated rings. The number of allylic oxidation sites excluding steroid dienone is 7. The van der Waals surface area contributed by atoms with Crippen LogP contribution in [0, 0.1) is 43.5 Å². The van der Waals surface area contributed by atoms with E-state index >= 15 is 0 Å². The molecule has 5 aliphatic rings. The molecule has 4 N–H and O–H groups in total. The summed E-state index contributed by atoms with van der Waals surface area (Å²) in [7, 11) is 0. The van der Waals surface area contributed by atoms with E-state index in [1.807, 2.05) is 13.8 Å².